The van der Waals surface area contributed by atoms with Crippen molar-refractivity contribution >= 4 is 0 Å². The summed E-state index contributed by atoms with van der Waals surface area (Å²) in [5, 5.41) is 8.14. The van der Waals surface area contributed by atoms with E-state index in [1.807, 2.05) is 0 Å². The van der Waals surface area contributed by atoms with Crippen LogP contribution in [0, 0.1) is 5.92 Å². The van der Waals surface area contributed by atoms with Crippen LogP contribution < -0.4 is 5.32 Å². The maximum atomic E-state index is 4.58. The Morgan fingerprint density at radius 3 is 2.94 bits per heavy atom. The number of aromatic nitrogens is 2. The van der Waals surface area contributed by atoms with Gasteiger partial charge >= 0.3 is 0 Å². The zero-order valence-corrected chi connectivity index (χ0v) is 10.6. The Morgan fingerprint density at radius 2 is 2.31 bits per heavy atom. The third kappa shape index (κ3) is 2.64. The lowest BCUT2D eigenvalue weighted by atomic mass is 9.82. The molecule has 0 aliphatic heterocycles. The van der Waals surface area contributed by atoms with Gasteiger partial charge in [0, 0.05) is 24.8 Å². The second-order valence-electron chi connectivity index (χ2n) is 5.20. The van der Waals surface area contributed by atoms with E-state index >= 15 is 0 Å². The highest BCUT2D eigenvalue weighted by Crippen LogP contribution is 2.26. The zero-order chi connectivity index (χ0) is 11.5. The standard InChI is InChI=1S/C13H23N3/c1-4-11(3)16-6-5-12(15-16)9-14-13-7-10(2)8-13/h5-6,10-11,13-14H,4,7-9H2,1-3H3. The summed E-state index contributed by atoms with van der Waals surface area (Å²) in [7, 11) is 0. The highest BCUT2D eigenvalue weighted by molar-refractivity contribution is 5.00. The molecule has 1 aliphatic rings. The molecule has 16 heavy (non-hydrogen) atoms. The number of hydrogen-bond acceptors (Lipinski definition) is 2. The Labute approximate surface area is 98.2 Å². The Kier molecular flexibility index (Phi) is 3.64. The van der Waals surface area contributed by atoms with Crippen molar-refractivity contribution in [3.05, 3.63) is 18.0 Å². The van der Waals surface area contributed by atoms with Crippen LogP contribution in [0.25, 0.3) is 0 Å². The van der Waals surface area contributed by atoms with Gasteiger partial charge in [-0.05, 0) is 38.2 Å². The van der Waals surface area contributed by atoms with E-state index in [0.29, 0.717) is 6.04 Å². The fourth-order valence-electron chi connectivity index (χ4n) is 2.22. The molecule has 0 spiro atoms. The molecule has 90 valence electrons. The molecule has 0 aromatic carbocycles. The Bertz CT molecular complexity index is 326. The number of nitrogens with one attached hydrogen (secondary N) is 1. The highest BCUT2D eigenvalue weighted by Gasteiger charge is 2.24. The summed E-state index contributed by atoms with van der Waals surface area (Å²) in [6.45, 7) is 7.63. The summed E-state index contributed by atoms with van der Waals surface area (Å²) in [5.74, 6) is 0.912. The summed E-state index contributed by atoms with van der Waals surface area (Å²) in [4.78, 5) is 0. The predicted molar refractivity (Wildman–Crippen MR) is 66.3 cm³/mol. The molecule has 1 N–H and O–H groups in total. The molecule has 1 unspecified atom stereocenters. The molecule has 1 heterocycles. The lowest BCUT2D eigenvalue weighted by Gasteiger charge is -2.33. The molecule has 1 saturated carbocycles. The van der Waals surface area contributed by atoms with Crippen molar-refractivity contribution in [1.82, 2.24) is 15.1 Å². The number of hydrogen-bond donors (Lipinski definition) is 1. The van der Waals surface area contributed by atoms with Gasteiger partial charge < -0.3 is 5.32 Å². The predicted octanol–water partition coefficient (Wildman–Crippen LogP) is 2.74. The number of rotatable bonds is 5. The minimum atomic E-state index is 0.512. The van der Waals surface area contributed by atoms with Crippen molar-refractivity contribution in [2.75, 3.05) is 0 Å². The molecule has 0 radical (unpaired) electrons. The third-order valence-corrected chi connectivity index (χ3v) is 3.65. The van der Waals surface area contributed by atoms with Crippen LogP contribution in [0.5, 0.6) is 0 Å². The molecule has 2 rings (SSSR count). The molecule has 0 saturated heterocycles. The normalized spacial score (nSPS) is 26.4. The van der Waals surface area contributed by atoms with Gasteiger partial charge in [-0.1, -0.05) is 13.8 Å². The van der Waals surface area contributed by atoms with E-state index in [0.717, 1.165) is 24.9 Å². The van der Waals surface area contributed by atoms with Gasteiger partial charge in [0.05, 0.1) is 5.69 Å². The SMILES string of the molecule is CCC(C)n1ccc(CNC2CC(C)C2)n1. The van der Waals surface area contributed by atoms with Gasteiger partial charge in [0.1, 0.15) is 0 Å². The molecule has 3 heteroatoms. The largest absolute Gasteiger partial charge is 0.308 e. The van der Waals surface area contributed by atoms with E-state index < -0.39 is 0 Å². The molecule has 1 fully saturated rings. The molecular formula is C13H23N3. The van der Waals surface area contributed by atoms with Gasteiger partial charge in [-0.3, -0.25) is 4.68 Å². The fraction of sp³-hybridized carbons (Fsp3) is 0.769. The van der Waals surface area contributed by atoms with Crippen molar-refractivity contribution in [2.45, 2.75) is 58.7 Å². The van der Waals surface area contributed by atoms with Crippen LogP contribution >= 0.6 is 0 Å². The molecular weight excluding hydrogens is 198 g/mol. The minimum Gasteiger partial charge on any atom is -0.308 e. The van der Waals surface area contributed by atoms with Crippen LogP contribution in [0.4, 0.5) is 0 Å². The quantitative estimate of drug-likeness (QED) is 0.828. The second-order valence-corrected chi connectivity index (χ2v) is 5.20. The first-order valence-corrected chi connectivity index (χ1v) is 6.46. The highest BCUT2D eigenvalue weighted by atomic mass is 15.3. The van der Waals surface area contributed by atoms with E-state index in [2.05, 4.69) is 48.1 Å². The molecule has 1 aliphatic carbocycles. The van der Waals surface area contributed by atoms with Crippen LogP contribution in [0.1, 0.15) is 51.8 Å². The van der Waals surface area contributed by atoms with Gasteiger partial charge in [-0.2, -0.15) is 5.10 Å². The molecule has 1 aromatic heterocycles. The summed E-state index contributed by atoms with van der Waals surface area (Å²) in [6, 6.07) is 3.36. The fourth-order valence-corrected chi connectivity index (χ4v) is 2.22. The maximum Gasteiger partial charge on any atom is 0.0762 e. The van der Waals surface area contributed by atoms with Crippen LogP contribution in [0.3, 0.4) is 0 Å². The minimum absolute atomic E-state index is 0.512. The van der Waals surface area contributed by atoms with Crippen molar-refractivity contribution < 1.29 is 0 Å². The van der Waals surface area contributed by atoms with E-state index in [1.165, 1.54) is 18.5 Å². The smallest absolute Gasteiger partial charge is 0.0762 e. The molecule has 1 aromatic rings. The Hall–Kier alpha value is -0.830. The third-order valence-electron chi connectivity index (χ3n) is 3.65. The van der Waals surface area contributed by atoms with Gasteiger partial charge in [-0.15, -0.1) is 0 Å². The summed E-state index contributed by atoms with van der Waals surface area (Å²) >= 11 is 0. The molecule has 0 bridgehead atoms. The van der Waals surface area contributed by atoms with E-state index in [1.54, 1.807) is 0 Å². The van der Waals surface area contributed by atoms with Gasteiger partial charge in [0.25, 0.3) is 0 Å². The topological polar surface area (TPSA) is 29.9 Å². The first-order chi connectivity index (χ1) is 7.69. The average molecular weight is 221 g/mol. The van der Waals surface area contributed by atoms with Crippen molar-refractivity contribution in [2.24, 2.45) is 5.92 Å². The second kappa shape index (κ2) is 5.00. The van der Waals surface area contributed by atoms with Crippen molar-refractivity contribution in [1.29, 1.82) is 0 Å². The van der Waals surface area contributed by atoms with Crippen LogP contribution in [-0.4, -0.2) is 15.8 Å². The van der Waals surface area contributed by atoms with E-state index in [4.69, 9.17) is 0 Å². The van der Waals surface area contributed by atoms with E-state index in [-0.39, 0.29) is 0 Å². The van der Waals surface area contributed by atoms with Crippen molar-refractivity contribution in [3.8, 4) is 0 Å². The lowest BCUT2D eigenvalue weighted by molar-refractivity contribution is 0.239. The lowest BCUT2D eigenvalue weighted by Crippen LogP contribution is -2.39. The van der Waals surface area contributed by atoms with Gasteiger partial charge in [0.2, 0.25) is 0 Å². The summed E-state index contributed by atoms with van der Waals surface area (Å²) in [5.41, 5.74) is 1.17. The summed E-state index contributed by atoms with van der Waals surface area (Å²) in [6.07, 6.45) is 5.88. The van der Waals surface area contributed by atoms with E-state index in [9.17, 15) is 0 Å². The summed E-state index contributed by atoms with van der Waals surface area (Å²) < 4.78 is 2.07. The van der Waals surface area contributed by atoms with Crippen LogP contribution in [0.15, 0.2) is 12.3 Å². The Morgan fingerprint density at radius 1 is 1.56 bits per heavy atom. The average Bonchev–Trinajstić information content (AvgIpc) is 2.70. The monoisotopic (exact) mass is 221 g/mol. The number of nitrogens with zero attached hydrogens (tertiary/aromatic N) is 2. The van der Waals surface area contributed by atoms with Gasteiger partial charge in [0.15, 0.2) is 0 Å². The zero-order valence-electron chi connectivity index (χ0n) is 10.6. The molecule has 0 amide bonds. The first kappa shape index (κ1) is 11.6. The first-order valence-electron chi connectivity index (χ1n) is 6.46. The van der Waals surface area contributed by atoms with Crippen LogP contribution in [-0.2, 0) is 6.54 Å². The molecule has 3 nitrogen and oxygen atoms in total. The van der Waals surface area contributed by atoms with Crippen molar-refractivity contribution in [3.63, 3.8) is 0 Å². The molecule has 1 atom stereocenters. The Balaban J connectivity index is 1.79. The maximum absolute atomic E-state index is 4.58. The van der Waals surface area contributed by atoms with Gasteiger partial charge in [-0.25, -0.2) is 0 Å². The van der Waals surface area contributed by atoms with Crippen LogP contribution in [0.2, 0.25) is 0 Å².